The molecule has 0 aliphatic carbocycles. The Morgan fingerprint density at radius 2 is 2.24 bits per heavy atom. The van der Waals surface area contributed by atoms with Gasteiger partial charge in [-0.15, -0.1) is 0 Å². The van der Waals surface area contributed by atoms with Crippen molar-refractivity contribution in [3.8, 4) is 0 Å². The zero-order valence-corrected chi connectivity index (χ0v) is 11.4. The molecule has 0 saturated carbocycles. The monoisotopic (exact) mass is 244 g/mol. The van der Waals surface area contributed by atoms with Crippen molar-refractivity contribution in [3.63, 3.8) is 0 Å². The van der Waals surface area contributed by atoms with Gasteiger partial charge in [-0.05, 0) is 45.8 Å². The molecule has 1 fully saturated rings. The maximum Gasteiger partial charge on any atom is 0.0701 e. The summed E-state index contributed by atoms with van der Waals surface area (Å²) in [7, 11) is 3.92. The highest BCUT2D eigenvalue weighted by atomic mass is 16.5. The average molecular weight is 244 g/mol. The van der Waals surface area contributed by atoms with Gasteiger partial charge in [0, 0.05) is 26.8 Å². The Morgan fingerprint density at radius 3 is 2.94 bits per heavy atom. The van der Waals surface area contributed by atoms with Crippen molar-refractivity contribution in [1.82, 2.24) is 10.2 Å². The molecule has 1 rings (SSSR count). The van der Waals surface area contributed by atoms with Crippen molar-refractivity contribution in [2.75, 3.05) is 53.6 Å². The molecule has 0 aromatic carbocycles. The van der Waals surface area contributed by atoms with E-state index in [4.69, 9.17) is 9.47 Å². The molecule has 17 heavy (non-hydrogen) atoms. The number of likely N-dealkylation sites (N-methyl/N-ethyl adjacent to an activating group) is 1. The lowest BCUT2D eigenvalue weighted by Gasteiger charge is -2.27. The van der Waals surface area contributed by atoms with Gasteiger partial charge in [0.15, 0.2) is 0 Å². The Labute approximate surface area is 106 Å². The van der Waals surface area contributed by atoms with Crippen molar-refractivity contribution < 1.29 is 9.47 Å². The lowest BCUT2D eigenvalue weighted by Crippen LogP contribution is -2.34. The van der Waals surface area contributed by atoms with Crippen LogP contribution >= 0.6 is 0 Å². The molecule has 1 unspecified atom stereocenters. The number of hydrogen-bond acceptors (Lipinski definition) is 4. The van der Waals surface area contributed by atoms with E-state index in [1.54, 1.807) is 7.11 Å². The summed E-state index contributed by atoms with van der Waals surface area (Å²) in [6, 6.07) is 0. The van der Waals surface area contributed by atoms with Gasteiger partial charge in [0.2, 0.25) is 0 Å². The number of nitrogens with one attached hydrogen (secondary N) is 1. The number of nitrogens with zero attached hydrogens (tertiary/aromatic N) is 1. The Balaban J connectivity index is 1.91. The summed E-state index contributed by atoms with van der Waals surface area (Å²) in [6.45, 7) is 5.99. The zero-order chi connectivity index (χ0) is 12.3. The van der Waals surface area contributed by atoms with Crippen LogP contribution < -0.4 is 5.32 Å². The van der Waals surface area contributed by atoms with Gasteiger partial charge in [0.25, 0.3) is 0 Å². The molecule has 0 aromatic heterocycles. The van der Waals surface area contributed by atoms with E-state index in [2.05, 4.69) is 17.3 Å². The molecule has 1 aliphatic rings. The Kier molecular flexibility index (Phi) is 8.61. The second-order valence-corrected chi connectivity index (χ2v) is 4.85. The minimum Gasteiger partial charge on any atom is -0.383 e. The van der Waals surface area contributed by atoms with Crippen molar-refractivity contribution in [1.29, 1.82) is 0 Å². The van der Waals surface area contributed by atoms with Gasteiger partial charge >= 0.3 is 0 Å². The first-order valence-electron chi connectivity index (χ1n) is 6.82. The van der Waals surface area contributed by atoms with E-state index in [1.807, 2.05) is 0 Å². The molecule has 1 N–H and O–H groups in total. The molecule has 1 atom stereocenters. The smallest absolute Gasteiger partial charge is 0.0701 e. The van der Waals surface area contributed by atoms with Gasteiger partial charge in [-0.3, -0.25) is 0 Å². The normalized spacial score (nSPS) is 21.0. The maximum atomic E-state index is 5.73. The van der Waals surface area contributed by atoms with Crippen molar-refractivity contribution >= 4 is 0 Å². The minimum atomic E-state index is 0.468. The van der Waals surface area contributed by atoms with Crippen LogP contribution in [0.4, 0.5) is 0 Å². The highest BCUT2D eigenvalue weighted by Gasteiger charge is 2.15. The predicted octanol–water partition coefficient (Wildman–Crippen LogP) is 1.11. The fourth-order valence-electron chi connectivity index (χ4n) is 2.16. The lowest BCUT2D eigenvalue weighted by atomic mass is 10.1. The summed E-state index contributed by atoms with van der Waals surface area (Å²) in [5.41, 5.74) is 0. The summed E-state index contributed by atoms with van der Waals surface area (Å²) in [5.74, 6) is 0. The summed E-state index contributed by atoms with van der Waals surface area (Å²) in [5, 5.41) is 3.36. The zero-order valence-electron chi connectivity index (χ0n) is 11.4. The topological polar surface area (TPSA) is 33.7 Å². The Morgan fingerprint density at radius 1 is 1.35 bits per heavy atom. The van der Waals surface area contributed by atoms with Crippen molar-refractivity contribution in [3.05, 3.63) is 0 Å². The van der Waals surface area contributed by atoms with E-state index in [9.17, 15) is 0 Å². The molecule has 0 spiro atoms. The van der Waals surface area contributed by atoms with Crippen LogP contribution in [0.25, 0.3) is 0 Å². The van der Waals surface area contributed by atoms with Gasteiger partial charge in [-0.25, -0.2) is 0 Å². The molecule has 1 heterocycles. The standard InChI is InChI=1S/C13H28N2O2/c1-15(9-5-7-14-8-11-16-2)12-13-6-3-4-10-17-13/h13-14H,3-12H2,1-2H3. The van der Waals surface area contributed by atoms with E-state index in [-0.39, 0.29) is 0 Å². The van der Waals surface area contributed by atoms with Gasteiger partial charge in [0.1, 0.15) is 0 Å². The average Bonchev–Trinajstić information content (AvgIpc) is 2.35. The highest BCUT2D eigenvalue weighted by Crippen LogP contribution is 2.13. The fraction of sp³-hybridized carbons (Fsp3) is 1.00. The van der Waals surface area contributed by atoms with Crippen LogP contribution in [-0.2, 0) is 9.47 Å². The highest BCUT2D eigenvalue weighted by molar-refractivity contribution is 4.67. The molecular formula is C13H28N2O2. The van der Waals surface area contributed by atoms with E-state index >= 15 is 0 Å². The van der Waals surface area contributed by atoms with Crippen molar-refractivity contribution in [2.24, 2.45) is 0 Å². The molecular weight excluding hydrogens is 216 g/mol. The molecule has 4 heteroatoms. The Bertz CT molecular complexity index is 173. The quantitative estimate of drug-likeness (QED) is 0.616. The molecule has 0 aromatic rings. The van der Waals surface area contributed by atoms with Crippen LogP contribution in [0.1, 0.15) is 25.7 Å². The van der Waals surface area contributed by atoms with Crippen LogP contribution in [0.15, 0.2) is 0 Å². The van der Waals surface area contributed by atoms with Gasteiger partial charge < -0.3 is 19.7 Å². The van der Waals surface area contributed by atoms with E-state index in [1.165, 1.54) is 25.7 Å². The van der Waals surface area contributed by atoms with Gasteiger partial charge in [0.05, 0.1) is 12.7 Å². The van der Waals surface area contributed by atoms with Gasteiger partial charge in [-0.2, -0.15) is 0 Å². The summed E-state index contributed by atoms with van der Waals surface area (Å²) in [4.78, 5) is 2.38. The summed E-state index contributed by atoms with van der Waals surface area (Å²) < 4.78 is 10.7. The second kappa shape index (κ2) is 9.83. The molecule has 1 aliphatic heterocycles. The Hall–Kier alpha value is -0.160. The molecule has 0 radical (unpaired) electrons. The SMILES string of the molecule is COCCNCCCN(C)CC1CCCCO1. The third-order valence-electron chi connectivity index (χ3n) is 3.17. The van der Waals surface area contributed by atoms with Crippen LogP contribution in [0.2, 0.25) is 0 Å². The third kappa shape index (κ3) is 7.71. The predicted molar refractivity (Wildman–Crippen MR) is 70.5 cm³/mol. The van der Waals surface area contributed by atoms with Crippen LogP contribution in [0.5, 0.6) is 0 Å². The van der Waals surface area contributed by atoms with E-state index < -0.39 is 0 Å². The molecule has 1 saturated heterocycles. The van der Waals surface area contributed by atoms with Gasteiger partial charge in [-0.1, -0.05) is 0 Å². The molecule has 102 valence electrons. The maximum absolute atomic E-state index is 5.73. The van der Waals surface area contributed by atoms with Crippen LogP contribution in [0, 0.1) is 0 Å². The molecule has 0 bridgehead atoms. The summed E-state index contributed by atoms with van der Waals surface area (Å²) >= 11 is 0. The van der Waals surface area contributed by atoms with Crippen LogP contribution in [0.3, 0.4) is 0 Å². The number of ether oxygens (including phenoxy) is 2. The largest absolute Gasteiger partial charge is 0.383 e. The van der Waals surface area contributed by atoms with Crippen molar-refractivity contribution in [2.45, 2.75) is 31.8 Å². The fourth-order valence-corrected chi connectivity index (χ4v) is 2.16. The molecule has 0 amide bonds. The first kappa shape index (κ1) is 14.9. The first-order valence-corrected chi connectivity index (χ1v) is 6.82. The number of methoxy groups -OCH3 is 1. The first-order chi connectivity index (χ1) is 8.33. The van der Waals surface area contributed by atoms with E-state index in [0.29, 0.717) is 6.10 Å². The minimum absolute atomic E-state index is 0.468. The lowest BCUT2D eigenvalue weighted by molar-refractivity contribution is -0.00152. The summed E-state index contributed by atoms with van der Waals surface area (Å²) in [6.07, 6.45) is 5.46. The van der Waals surface area contributed by atoms with Crippen LogP contribution in [-0.4, -0.2) is 64.6 Å². The third-order valence-corrected chi connectivity index (χ3v) is 3.17. The number of hydrogen-bond donors (Lipinski definition) is 1. The number of rotatable bonds is 9. The van der Waals surface area contributed by atoms with E-state index in [0.717, 1.165) is 39.4 Å². The molecule has 4 nitrogen and oxygen atoms in total. The second-order valence-electron chi connectivity index (χ2n) is 4.85.